The number of rotatable bonds is 5. The molecule has 0 aliphatic carbocycles. The molecule has 26 heavy (non-hydrogen) atoms. The van der Waals surface area contributed by atoms with Gasteiger partial charge in [0.05, 0.1) is 38.1 Å². The van der Waals surface area contributed by atoms with Crippen LogP contribution in [0.2, 0.25) is 5.02 Å². The normalized spacial score (nSPS) is 14.0. The fourth-order valence-corrected chi connectivity index (χ4v) is 3.05. The number of carbonyl (C=O) groups is 1. The molecule has 2 aromatic rings. The summed E-state index contributed by atoms with van der Waals surface area (Å²) >= 11 is 6.29. The van der Waals surface area contributed by atoms with Crippen molar-refractivity contribution < 1.29 is 19.0 Å². The lowest BCUT2D eigenvalue weighted by Gasteiger charge is -2.29. The first-order valence-electron chi connectivity index (χ1n) is 8.28. The Balaban J connectivity index is 1.88. The molecule has 1 fully saturated rings. The molecule has 0 saturated carbocycles. The van der Waals surface area contributed by atoms with Gasteiger partial charge in [-0.1, -0.05) is 17.7 Å². The monoisotopic (exact) mass is 376 g/mol. The third kappa shape index (κ3) is 3.86. The Kier molecular flexibility index (Phi) is 5.85. The number of anilines is 2. The molecule has 1 aliphatic rings. The van der Waals surface area contributed by atoms with Crippen LogP contribution < -0.4 is 19.7 Å². The van der Waals surface area contributed by atoms with Crippen molar-refractivity contribution in [3.05, 3.63) is 47.0 Å². The van der Waals surface area contributed by atoms with E-state index in [9.17, 15) is 4.79 Å². The van der Waals surface area contributed by atoms with Gasteiger partial charge in [-0.3, -0.25) is 4.79 Å². The van der Waals surface area contributed by atoms with Crippen LogP contribution in [0.25, 0.3) is 0 Å². The maximum Gasteiger partial charge on any atom is 0.263 e. The molecule has 0 spiro atoms. The zero-order chi connectivity index (χ0) is 18.5. The Hall–Kier alpha value is -2.44. The van der Waals surface area contributed by atoms with Crippen LogP contribution >= 0.6 is 11.6 Å². The Morgan fingerprint density at radius 1 is 1.12 bits per heavy atom. The minimum Gasteiger partial charge on any atom is -0.496 e. The van der Waals surface area contributed by atoms with Crippen LogP contribution in [0.1, 0.15) is 10.4 Å². The molecule has 0 atom stereocenters. The van der Waals surface area contributed by atoms with Gasteiger partial charge in [0, 0.05) is 18.8 Å². The highest BCUT2D eigenvalue weighted by Crippen LogP contribution is 2.32. The summed E-state index contributed by atoms with van der Waals surface area (Å²) in [6.45, 7) is 2.97. The van der Waals surface area contributed by atoms with Crippen LogP contribution in [0.3, 0.4) is 0 Å². The van der Waals surface area contributed by atoms with Gasteiger partial charge in [-0.15, -0.1) is 0 Å². The number of carbonyl (C=O) groups excluding carboxylic acids is 1. The SMILES string of the molecule is COc1cccc(OC)c1C(=O)Nc1cc(N2CCOCC2)ccc1Cl. The molecule has 1 saturated heterocycles. The number of hydrogen-bond acceptors (Lipinski definition) is 5. The fourth-order valence-electron chi connectivity index (χ4n) is 2.89. The molecule has 6 nitrogen and oxygen atoms in total. The quantitative estimate of drug-likeness (QED) is 0.866. The van der Waals surface area contributed by atoms with Crippen molar-refractivity contribution in [2.75, 3.05) is 50.7 Å². The van der Waals surface area contributed by atoms with E-state index in [0.717, 1.165) is 18.8 Å². The Morgan fingerprint density at radius 2 is 1.77 bits per heavy atom. The summed E-state index contributed by atoms with van der Waals surface area (Å²) in [6.07, 6.45) is 0. The van der Waals surface area contributed by atoms with E-state index in [0.29, 0.717) is 41.0 Å². The Bertz CT molecular complexity index is 769. The van der Waals surface area contributed by atoms with E-state index in [1.807, 2.05) is 12.1 Å². The summed E-state index contributed by atoms with van der Waals surface area (Å²) < 4.78 is 16.0. The zero-order valence-electron chi connectivity index (χ0n) is 14.8. The fraction of sp³-hybridized carbons (Fsp3) is 0.316. The van der Waals surface area contributed by atoms with Gasteiger partial charge in [0.25, 0.3) is 5.91 Å². The van der Waals surface area contributed by atoms with Gasteiger partial charge in [0.1, 0.15) is 17.1 Å². The summed E-state index contributed by atoms with van der Waals surface area (Å²) in [5.74, 6) is 0.518. The van der Waals surface area contributed by atoms with Crippen molar-refractivity contribution in [3.63, 3.8) is 0 Å². The standard InChI is InChI=1S/C19H21ClN2O4/c1-24-16-4-3-5-17(25-2)18(16)19(23)21-15-12-13(6-7-14(15)20)22-8-10-26-11-9-22/h3-7,12H,8-11H2,1-2H3,(H,21,23). The Morgan fingerprint density at radius 3 is 2.38 bits per heavy atom. The van der Waals surface area contributed by atoms with Crippen LogP contribution in [0.5, 0.6) is 11.5 Å². The minimum atomic E-state index is -0.347. The third-order valence-corrected chi connectivity index (χ3v) is 4.56. The molecule has 0 aromatic heterocycles. The summed E-state index contributed by atoms with van der Waals surface area (Å²) in [5, 5.41) is 3.33. The van der Waals surface area contributed by atoms with Gasteiger partial charge in [-0.25, -0.2) is 0 Å². The molecule has 2 aromatic carbocycles. The second kappa shape index (κ2) is 8.29. The van der Waals surface area contributed by atoms with Crippen molar-refractivity contribution in [2.24, 2.45) is 0 Å². The first-order chi connectivity index (χ1) is 12.6. The predicted octanol–water partition coefficient (Wildman–Crippen LogP) is 3.45. The highest BCUT2D eigenvalue weighted by molar-refractivity contribution is 6.34. The summed E-state index contributed by atoms with van der Waals surface area (Å²) in [6, 6.07) is 10.8. The van der Waals surface area contributed by atoms with Gasteiger partial charge in [-0.2, -0.15) is 0 Å². The maximum absolute atomic E-state index is 12.8. The highest BCUT2D eigenvalue weighted by Gasteiger charge is 2.20. The maximum atomic E-state index is 12.8. The van der Waals surface area contributed by atoms with Crippen LogP contribution in [0, 0.1) is 0 Å². The number of nitrogens with zero attached hydrogens (tertiary/aromatic N) is 1. The van der Waals surface area contributed by atoms with E-state index >= 15 is 0 Å². The molecule has 0 bridgehead atoms. The van der Waals surface area contributed by atoms with Crippen molar-refractivity contribution in [1.29, 1.82) is 0 Å². The number of methoxy groups -OCH3 is 2. The molecule has 1 heterocycles. The average Bonchev–Trinajstić information content (AvgIpc) is 2.69. The van der Waals surface area contributed by atoms with Crippen molar-refractivity contribution in [1.82, 2.24) is 0 Å². The number of amides is 1. The number of ether oxygens (including phenoxy) is 3. The summed E-state index contributed by atoms with van der Waals surface area (Å²) in [4.78, 5) is 15.0. The van der Waals surface area contributed by atoms with Gasteiger partial charge < -0.3 is 24.4 Å². The smallest absolute Gasteiger partial charge is 0.263 e. The lowest BCUT2D eigenvalue weighted by atomic mass is 10.1. The molecule has 1 N–H and O–H groups in total. The van der Waals surface area contributed by atoms with Gasteiger partial charge in [-0.05, 0) is 30.3 Å². The summed E-state index contributed by atoms with van der Waals surface area (Å²) in [5.41, 5.74) is 1.85. The largest absolute Gasteiger partial charge is 0.496 e. The number of hydrogen-bond donors (Lipinski definition) is 1. The number of halogens is 1. The summed E-state index contributed by atoms with van der Waals surface area (Å²) in [7, 11) is 3.02. The van der Waals surface area contributed by atoms with Crippen molar-refractivity contribution in [3.8, 4) is 11.5 Å². The number of nitrogens with one attached hydrogen (secondary N) is 1. The molecule has 1 aliphatic heterocycles. The van der Waals surface area contributed by atoms with E-state index in [1.165, 1.54) is 14.2 Å². The average molecular weight is 377 g/mol. The van der Waals surface area contributed by atoms with Gasteiger partial charge >= 0.3 is 0 Å². The molecule has 7 heteroatoms. The molecule has 3 rings (SSSR count). The zero-order valence-corrected chi connectivity index (χ0v) is 15.5. The predicted molar refractivity (Wildman–Crippen MR) is 102 cm³/mol. The minimum absolute atomic E-state index is 0.324. The first-order valence-corrected chi connectivity index (χ1v) is 8.66. The van der Waals surface area contributed by atoms with Crippen LogP contribution in [-0.4, -0.2) is 46.4 Å². The van der Waals surface area contributed by atoms with E-state index in [2.05, 4.69) is 10.2 Å². The highest BCUT2D eigenvalue weighted by atomic mass is 35.5. The lowest BCUT2D eigenvalue weighted by molar-refractivity contribution is 0.102. The van der Waals surface area contributed by atoms with Crippen molar-refractivity contribution >= 4 is 28.9 Å². The van der Waals surface area contributed by atoms with E-state index in [-0.39, 0.29) is 5.91 Å². The lowest BCUT2D eigenvalue weighted by Crippen LogP contribution is -2.36. The van der Waals surface area contributed by atoms with Crippen molar-refractivity contribution in [2.45, 2.75) is 0 Å². The number of morpholine rings is 1. The van der Waals surface area contributed by atoms with E-state index < -0.39 is 0 Å². The third-order valence-electron chi connectivity index (χ3n) is 4.23. The van der Waals surface area contributed by atoms with E-state index in [1.54, 1.807) is 24.3 Å². The molecule has 0 unspecified atom stereocenters. The second-order valence-electron chi connectivity index (χ2n) is 5.76. The first kappa shape index (κ1) is 18.4. The van der Waals surface area contributed by atoms with Gasteiger partial charge in [0.2, 0.25) is 0 Å². The Labute approximate surface area is 157 Å². The molecular weight excluding hydrogens is 356 g/mol. The van der Waals surface area contributed by atoms with Crippen LogP contribution in [-0.2, 0) is 4.74 Å². The second-order valence-corrected chi connectivity index (χ2v) is 6.16. The topological polar surface area (TPSA) is 60.0 Å². The van der Waals surface area contributed by atoms with Gasteiger partial charge in [0.15, 0.2) is 0 Å². The molecule has 1 amide bonds. The molecular formula is C19H21ClN2O4. The van der Waals surface area contributed by atoms with Crippen LogP contribution in [0.4, 0.5) is 11.4 Å². The number of benzene rings is 2. The van der Waals surface area contributed by atoms with E-state index in [4.69, 9.17) is 25.8 Å². The molecule has 138 valence electrons. The molecule has 0 radical (unpaired) electrons. The van der Waals surface area contributed by atoms with Crippen LogP contribution in [0.15, 0.2) is 36.4 Å².